The van der Waals surface area contributed by atoms with Crippen molar-refractivity contribution in [2.24, 2.45) is 0 Å². The van der Waals surface area contributed by atoms with Gasteiger partial charge >= 0.3 is 0 Å². The molecule has 2 unspecified atom stereocenters. The second-order valence-corrected chi connectivity index (χ2v) is 2.59. The first-order valence-electron chi connectivity index (χ1n) is 2.62. The van der Waals surface area contributed by atoms with E-state index in [0.717, 1.165) is 6.42 Å². The number of rotatable bonds is 3. The number of hydrogen-bond acceptors (Lipinski definition) is 0. The predicted molar refractivity (Wildman–Crippen MR) is 34.4 cm³/mol. The van der Waals surface area contributed by atoms with E-state index in [2.05, 4.69) is 16.2 Å². The molecular weight excluding hydrogens is 110 g/mol. The van der Waals surface area contributed by atoms with Crippen LogP contribution >= 0.6 is 9.24 Å². The molecule has 0 aromatic heterocycles. The molecule has 0 amide bonds. The van der Waals surface area contributed by atoms with Crippen LogP contribution in [0.25, 0.3) is 0 Å². The molecule has 0 radical (unpaired) electrons. The van der Waals surface area contributed by atoms with Crippen LogP contribution in [-0.2, 0) is 0 Å². The van der Waals surface area contributed by atoms with E-state index in [4.69, 9.17) is 0 Å². The van der Waals surface area contributed by atoms with Gasteiger partial charge < -0.3 is 0 Å². The van der Waals surface area contributed by atoms with Gasteiger partial charge in [-0.1, -0.05) is 6.92 Å². The van der Waals surface area contributed by atoms with Crippen LogP contribution in [-0.4, -0.2) is 12.3 Å². The number of alkyl halides is 1. The van der Waals surface area contributed by atoms with Gasteiger partial charge in [0.15, 0.2) is 0 Å². The highest BCUT2D eigenvalue weighted by molar-refractivity contribution is 7.17. The summed E-state index contributed by atoms with van der Waals surface area (Å²) in [6.45, 7) is 1.88. The molecule has 0 heterocycles. The molecule has 2 heteroatoms. The van der Waals surface area contributed by atoms with Gasteiger partial charge in [-0.25, -0.2) is 0 Å². The van der Waals surface area contributed by atoms with E-state index in [1.165, 1.54) is 0 Å². The van der Waals surface area contributed by atoms with Crippen molar-refractivity contribution in [3.63, 3.8) is 0 Å². The largest absolute Gasteiger partial charge is 0.251 e. The van der Waals surface area contributed by atoms with Crippen LogP contribution in [0, 0.1) is 0 Å². The van der Waals surface area contributed by atoms with Gasteiger partial charge in [0.2, 0.25) is 0 Å². The summed E-state index contributed by atoms with van der Waals surface area (Å²) in [7, 11) is 2.61. The van der Waals surface area contributed by atoms with E-state index in [-0.39, 0.29) is 6.67 Å². The van der Waals surface area contributed by atoms with Crippen molar-refractivity contribution < 1.29 is 4.39 Å². The van der Waals surface area contributed by atoms with Crippen molar-refractivity contribution in [2.45, 2.75) is 25.4 Å². The molecular formula is C5H12FP. The molecule has 0 nitrogen and oxygen atoms in total. The van der Waals surface area contributed by atoms with Crippen LogP contribution in [0.3, 0.4) is 0 Å². The van der Waals surface area contributed by atoms with Gasteiger partial charge in [-0.15, -0.1) is 9.24 Å². The molecule has 0 fully saturated rings. The molecule has 0 aromatic rings. The Morgan fingerprint density at radius 1 is 1.71 bits per heavy atom. The number of hydrogen-bond donors (Lipinski definition) is 0. The molecule has 0 aliphatic rings. The molecule has 0 bridgehead atoms. The maximum Gasteiger partial charge on any atom is 0.0900 e. The second-order valence-electron chi connectivity index (χ2n) is 1.65. The van der Waals surface area contributed by atoms with Gasteiger partial charge in [-0.3, -0.25) is 4.39 Å². The first kappa shape index (κ1) is 7.36. The Kier molecular flexibility index (Phi) is 4.75. The lowest BCUT2D eigenvalue weighted by Crippen LogP contribution is -1.94. The van der Waals surface area contributed by atoms with Crippen LogP contribution in [0.4, 0.5) is 4.39 Å². The van der Waals surface area contributed by atoms with E-state index in [1.54, 1.807) is 0 Å². The molecule has 0 aliphatic heterocycles. The summed E-state index contributed by atoms with van der Waals surface area (Å²) in [5, 5.41) is 0. The third-order valence-electron chi connectivity index (χ3n) is 1.00. The molecule has 0 spiro atoms. The Balaban J connectivity index is 2.83. The van der Waals surface area contributed by atoms with Crippen molar-refractivity contribution in [3.05, 3.63) is 0 Å². The lowest BCUT2D eigenvalue weighted by molar-refractivity contribution is 0.464. The Labute approximate surface area is 46.7 Å². The van der Waals surface area contributed by atoms with Gasteiger partial charge in [0.25, 0.3) is 0 Å². The summed E-state index contributed by atoms with van der Waals surface area (Å²) in [4.78, 5) is 0. The fourth-order valence-corrected chi connectivity index (χ4v) is 0.470. The zero-order chi connectivity index (χ0) is 5.70. The maximum absolute atomic E-state index is 11.4. The summed E-state index contributed by atoms with van der Waals surface area (Å²) in [6, 6.07) is 0. The first-order valence-corrected chi connectivity index (χ1v) is 3.29. The fourth-order valence-electron chi connectivity index (χ4n) is 0.344. The molecule has 0 aromatic carbocycles. The monoisotopic (exact) mass is 122 g/mol. The SMILES string of the molecule is CCC(P)CCF. The van der Waals surface area contributed by atoms with E-state index >= 15 is 0 Å². The third kappa shape index (κ3) is 4.21. The van der Waals surface area contributed by atoms with Gasteiger partial charge in [0.1, 0.15) is 0 Å². The molecule has 0 saturated carbocycles. The molecule has 44 valence electrons. The highest BCUT2D eigenvalue weighted by atomic mass is 31.0. The van der Waals surface area contributed by atoms with Crippen molar-refractivity contribution in [1.82, 2.24) is 0 Å². The van der Waals surface area contributed by atoms with Crippen LogP contribution in [0.5, 0.6) is 0 Å². The first-order chi connectivity index (χ1) is 3.31. The minimum atomic E-state index is -0.179. The highest BCUT2D eigenvalue weighted by Gasteiger charge is 1.94. The molecule has 7 heavy (non-hydrogen) atoms. The molecule has 2 atom stereocenters. The lowest BCUT2D eigenvalue weighted by atomic mass is 10.3. The van der Waals surface area contributed by atoms with Crippen LogP contribution in [0.2, 0.25) is 0 Å². The lowest BCUT2D eigenvalue weighted by Gasteiger charge is -2.00. The van der Waals surface area contributed by atoms with Crippen molar-refractivity contribution in [3.8, 4) is 0 Å². The average Bonchev–Trinajstić information content (AvgIpc) is 1.68. The van der Waals surface area contributed by atoms with Gasteiger partial charge in [0, 0.05) is 0 Å². The summed E-state index contributed by atoms with van der Waals surface area (Å²) in [6.07, 6.45) is 1.76. The van der Waals surface area contributed by atoms with Gasteiger partial charge in [-0.2, -0.15) is 0 Å². The summed E-state index contributed by atoms with van der Waals surface area (Å²) >= 11 is 0. The van der Waals surface area contributed by atoms with E-state index in [1.807, 2.05) is 0 Å². The molecule has 0 rings (SSSR count). The molecule has 0 N–H and O–H groups in total. The topological polar surface area (TPSA) is 0 Å². The van der Waals surface area contributed by atoms with Crippen molar-refractivity contribution in [2.75, 3.05) is 6.67 Å². The summed E-state index contributed by atoms with van der Waals surface area (Å²) in [5.74, 6) is 0. The minimum absolute atomic E-state index is 0.179. The van der Waals surface area contributed by atoms with Gasteiger partial charge in [0.05, 0.1) is 6.67 Å². The normalized spacial score (nSPS) is 14.1. The maximum atomic E-state index is 11.4. The summed E-state index contributed by atoms with van der Waals surface area (Å²) < 4.78 is 11.4. The predicted octanol–water partition coefficient (Wildman–Crippen LogP) is 2.00. The third-order valence-corrected chi connectivity index (χ3v) is 1.81. The smallest absolute Gasteiger partial charge is 0.0900 e. The fraction of sp³-hybridized carbons (Fsp3) is 1.00. The quantitative estimate of drug-likeness (QED) is 0.502. The minimum Gasteiger partial charge on any atom is -0.251 e. The van der Waals surface area contributed by atoms with Crippen molar-refractivity contribution in [1.29, 1.82) is 0 Å². The van der Waals surface area contributed by atoms with Crippen LogP contribution < -0.4 is 0 Å². The van der Waals surface area contributed by atoms with Crippen LogP contribution in [0.15, 0.2) is 0 Å². The Hall–Kier alpha value is 0.360. The van der Waals surface area contributed by atoms with E-state index < -0.39 is 0 Å². The molecule has 0 aliphatic carbocycles. The Bertz CT molecular complexity index is 39.1. The standard InChI is InChI=1S/C5H12FP/c1-2-5(7)3-4-6/h5H,2-4,7H2,1H3. The highest BCUT2D eigenvalue weighted by Crippen LogP contribution is 2.08. The average molecular weight is 122 g/mol. The zero-order valence-corrected chi connectivity index (χ0v) is 5.81. The Morgan fingerprint density at radius 3 is 2.43 bits per heavy atom. The second kappa shape index (κ2) is 4.52. The summed E-state index contributed by atoms with van der Waals surface area (Å²) in [5.41, 5.74) is 0.491. The zero-order valence-electron chi connectivity index (χ0n) is 4.65. The molecule has 0 saturated heterocycles. The van der Waals surface area contributed by atoms with Gasteiger partial charge in [-0.05, 0) is 18.5 Å². The Morgan fingerprint density at radius 2 is 2.29 bits per heavy atom. The van der Waals surface area contributed by atoms with E-state index in [0.29, 0.717) is 12.1 Å². The van der Waals surface area contributed by atoms with E-state index in [9.17, 15) is 4.39 Å². The number of halogens is 1. The van der Waals surface area contributed by atoms with Crippen LogP contribution in [0.1, 0.15) is 19.8 Å². The van der Waals surface area contributed by atoms with Crippen molar-refractivity contribution >= 4 is 9.24 Å².